The van der Waals surface area contributed by atoms with Crippen LogP contribution in [0.15, 0.2) is 0 Å². The van der Waals surface area contributed by atoms with Crippen molar-refractivity contribution in [3.05, 3.63) is 0 Å². The van der Waals surface area contributed by atoms with Crippen LogP contribution >= 0.6 is 0 Å². The molecule has 1 aliphatic rings. The van der Waals surface area contributed by atoms with Gasteiger partial charge in [0.25, 0.3) is 0 Å². The highest BCUT2D eigenvalue weighted by molar-refractivity contribution is 4.71. The van der Waals surface area contributed by atoms with Crippen LogP contribution < -0.4 is 0 Å². The number of aliphatic hydroxyl groups is 1. The lowest BCUT2D eigenvalue weighted by Crippen LogP contribution is -2.22. The Balaban J connectivity index is 2.35. The number of nitrogens with zero attached hydrogens (tertiary/aromatic N) is 1. The van der Waals surface area contributed by atoms with Crippen molar-refractivity contribution in [2.45, 2.75) is 19.3 Å². The summed E-state index contributed by atoms with van der Waals surface area (Å²) in [6, 6.07) is 0. The van der Waals surface area contributed by atoms with Gasteiger partial charge in [-0.1, -0.05) is 0 Å². The van der Waals surface area contributed by atoms with Gasteiger partial charge in [-0.2, -0.15) is 0 Å². The van der Waals surface area contributed by atoms with E-state index in [0.717, 1.165) is 6.54 Å². The molecule has 0 spiro atoms. The minimum atomic E-state index is 0.0324. The monoisotopic (exact) mass is 131 g/mol. The maximum atomic E-state index is 8.65. The van der Waals surface area contributed by atoms with Crippen molar-refractivity contribution in [1.82, 2.24) is 4.90 Å². The number of aliphatic hydroxyl groups excluding tert-OH is 1. The molecule has 1 saturated heterocycles. The standard InChI is InChI=1S/C6H13NO2/c1-5-7(2)3-6(4-8)9-5/h5-6,8H,3-4H2,1-2H3. The van der Waals surface area contributed by atoms with Crippen LogP contribution in [0.2, 0.25) is 0 Å². The Morgan fingerprint density at radius 2 is 2.44 bits per heavy atom. The topological polar surface area (TPSA) is 32.7 Å². The zero-order valence-corrected chi connectivity index (χ0v) is 5.87. The Morgan fingerprint density at radius 1 is 1.78 bits per heavy atom. The van der Waals surface area contributed by atoms with E-state index in [0.29, 0.717) is 0 Å². The summed E-state index contributed by atoms with van der Waals surface area (Å²) in [6.45, 7) is 2.96. The van der Waals surface area contributed by atoms with Crippen molar-refractivity contribution in [2.24, 2.45) is 0 Å². The first kappa shape index (κ1) is 6.99. The third kappa shape index (κ3) is 1.41. The molecule has 1 fully saturated rings. The fourth-order valence-corrected chi connectivity index (χ4v) is 0.996. The minimum absolute atomic E-state index is 0.0324. The Labute approximate surface area is 55.2 Å². The summed E-state index contributed by atoms with van der Waals surface area (Å²) < 4.78 is 5.30. The smallest absolute Gasteiger partial charge is 0.108 e. The van der Waals surface area contributed by atoms with Crippen LogP contribution in [0.25, 0.3) is 0 Å². The summed E-state index contributed by atoms with van der Waals surface area (Å²) in [5, 5.41) is 8.65. The van der Waals surface area contributed by atoms with E-state index in [4.69, 9.17) is 9.84 Å². The second-order valence-electron chi connectivity index (χ2n) is 2.48. The number of ether oxygens (including phenoxy) is 1. The second kappa shape index (κ2) is 2.64. The fourth-order valence-electron chi connectivity index (χ4n) is 0.996. The van der Waals surface area contributed by atoms with Crippen LogP contribution in [0.4, 0.5) is 0 Å². The highest BCUT2D eigenvalue weighted by atomic mass is 16.5. The van der Waals surface area contributed by atoms with Gasteiger partial charge in [0.05, 0.1) is 12.7 Å². The Kier molecular flexibility index (Phi) is 2.05. The summed E-state index contributed by atoms with van der Waals surface area (Å²) in [5.74, 6) is 0. The quantitative estimate of drug-likeness (QED) is 0.528. The average Bonchev–Trinajstić information content (AvgIpc) is 2.13. The first-order valence-corrected chi connectivity index (χ1v) is 3.20. The zero-order chi connectivity index (χ0) is 6.85. The highest BCUT2D eigenvalue weighted by Crippen LogP contribution is 2.11. The molecule has 1 rings (SSSR count). The lowest BCUT2D eigenvalue weighted by molar-refractivity contribution is -0.00111. The van der Waals surface area contributed by atoms with E-state index in [1.807, 2.05) is 14.0 Å². The minimum Gasteiger partial charge on any atom is -0.394 e. The third-order valence-electron chi connectivity index (χ3n) is 1.71. The van der Waals surface area contributed by atoms with Gasteiger partial charge in [-0.3, -0.25) is 4.90 Å². The molecule has 0 aliphatic carbocycles. The van der Waals surface area contributed by atoms with Gasteiger partial charge in [0.15, 0.2) is 0 Å². The van der Waals surface area contributed by atoms with Crippen LogP contribution in [0, 0.1) is 0 Å². The fraction of sp³-hybridized carbons (Fsp3) is 1.00. The molecule has 54 valence electrons. The number of hydrogen-bond acceptors (Lipinski definition) is 3. The third-order valence-corrected chi connectivity index (χ3v) is 1.71. The SMILES string of the molecule is CC1OC(CO)CN1C. The van der Waals surface area contributed by atoms with E-state index < -0.39 is 0 Å². The maximum absolute atomic E-state index is 8.65. The molecule has 2 unspecified atom stereocenters. The first-order chi connectivity index (χ1) is 4.24. The molecule has 0 bridgehead atoms. The van der Waals surface area contributed by atoms with Crippen molar-refractivity contribution in [3.8, 4) is 0 Å². The second-order valence-corrected chi connectivity index (χ2v) is 2.48. The van der Waals surface area contributed by atoms with Gasteiger partial charge >= 0.3 is 0 Å². The molecule has 3 nitrogen and oxygen atoms in total. The zero-order valence-electron chi connectivity index (χ0n) is 5.87. The molecule has 0 radical (unpaired) electrons. The van der Waals surface area contributed by atoms with Gasteiger partial charge < -0.3 is 9.84 Å². The molecule has 1 N–H and O–H groups in total. The van der Waals surface area contributed by atoms with Gasteiger partial charge in [-0.25, -0.2) is 0 Å². The first-order valence-electron chi connectivity index (χ1n) is 3.20. The van der Waals surface area contributed by atoms with Gasteiger partial charge in [-0.15, -0.1) is 0 Å². The molecule has 0 saturated carbocycles. The molecular weight excluding hydrogens is 118 g/mol. The molecule has 1 heterocycles. The number of rotatable bonds is 1. The van der Waals surface area contributed by atoms with Crippen LogP contribution in [-0.4, -0.2) is 42.5 Å². The van der Waals surface area contributed by atoms with Crippen LogP contribution in [-0.2, 0) is 4.74 Å². The normalized spacial score (nSPS) is 37.7. The maximum Gasteiger partial charge on any atom is 0.108 e. The summed E-state index contributed by atoms with van der Waals surface area (Å²) in [5.41, 5.74) is 0. The number of likely N-dealkylation sites (N-methyl/N-ethyl adjacent to an activating group) is 1. The van der Waals surface area contributed by atoms with E-state index in [9.17, 15) is 0 Å². The Hall–Kier alpha value is -0.120. The predicted octanol–water partition coefficient (Wildman–Crippen LogP) is -0.345. The Morgan fingerprint density at radius 3 is 2.67 bits per heavy atom. The average molecular weight is 131 g/mol. The van der Waals surface area contributed by atoms with Crippen molar-refractivity contribution in [3.63, 3.8) is 0 Å². The summed E-state index contributed by atoms with van der Waals surface area (Å²) in [4.78, 5) is 2.07. The molecule has 2 atom stereocenters. The predicted molar refractivity (Wildman–Crippen MR) is 34.1 cm³/mol. The van der Waals surface area contributed by atoms with E-state index >= 15 is 0 Å². The van der Waals surface area contributed by atoms with Gasteiger partial charge in [-0.05, 0) is 14.0 Å². The van der Waals surface area contributed by atoms with Crippen molar-refractivity contribution >= 4 is 0 Å². The van der Waals surface area contributed by atoms with E-state index in [1.165, 1.54) is 0 Å². The lowest BCUT2D eigenvalue weighted by atomic mass is 10.4. The molecule has 0 amide bonds. The van der Waals surface area contributed by atoms with Crippen molar-refractivity contribution in [2.75, 3.05) is 20.2 Å². The van der Waals surface area contributed by atoms with Gasteiger partial charge in [0.1, 0.15) is 6.23 Å². The number of hydrogen-bond donors (Lipinski definition) is 1. The van der Waals surface area contributed by atoms with Gasteiger partial charge in [0.2, 0.25) is 0 Å². The molecule has 0 aromatic carbocycles. The van der Waals surface area contributed by atoms with Crippen molar-refractivity contribution in [1.29, 1.82) is 0 Å². The van der Waals surface area contributed by atoms with E-state index in [2.05, 4.69) is 4.90 Å². The van der Waals surface area contributed by atoms with Gasteiger partial charge in [0, 0.05) is 6.54 Å². The molecule has 1 aliphatic heterocycles. The summed E-state index contributed by atoms with van der Waals surface area (Å²) >= 11 is 0. The molecule has 3 heteroatoms. The lowest BCUT2D eigenvalue weighted by Gasteiger charge is -2.10. The largest absolute Gasteiger partial charge is 0.394 e. The summed E-state index contributed by atoms with van der Waals surface area (Å²) in [7, 11) is 1.99. The van der Waals surface area contributed by atoms with E-state index in [-0.39, 0.29) is 18.9 Å². The van der Waals surface area contributed by atoms with Crippen LogP contribution in [0.5, 0.6) is 0 Å². The van der Waals surface area contributed by atoms with Crippen LogP contribution in [0.1, 0.15) is 6.92 Å². The van der Waals surface area contributed by atoms with Crippen molar-refractivity contribution < 1.29 is 9.84 Å². The Bertz CT molecular complexity index is 87.1. The molecule has 0 aromatic heterocycles. The summed E-state index contributed by atoms with van der Waals surface area (Å²) in [6.07, 6.45) is 0.201. The van der Waals surface area contributed by atoms with E-state index in [1.54, 1.807) is 0 Å². The molecule has 9 heavy (non-hydrogen) atoms. The molecule has 0 aromatic rings. The highest BCUT2D eigenvalue weighted by Gasteiger charge is 2.25. The van der Waals surface area contributed by atoms with Crippen LogP contribution in [0.3, 0.4) is 0 Å². The molecular formula is C6H13NO2.